The minimum atomic E-state index is -0.429. The van der Waals surface area contributed by atoms with Gasteiger partial charge in [-0.05, 0) is 30.2 Å². The topological polar surface area (TPSA) is 103 Å². The summed E-state index contributed by atoms with van der Waals surface area (Å²) in [7, 11) is 0. The Morgan fingerprint density at radius 2 is 1.93 bits per heavy atom. The van der Waals surface area contributed by atoms with Crippen molar-refractivity contribution in [3.8, 4) is 6.07 Å². The summed E-state index contributed by atoms with van der Waals surface area (Å²) in [5.74, 6) is -0.0724. The molecule has 0 unspecified atom stereocenters. The third-order valence-corrected chi connectivity index (χ3v) is 5.05. The summed E-state index contributed by atoms with van der Waals surface area (Å²) in [4.78, 5) is 27.3. The molecule has 1 fully saturated rings. The van der Waals surface area contributed by atoms with E-state index in [9.17, 15) is 14.9 Å². The maximum Gasteiger partial charge on any atom is 0.292 e. The van der Waals surface area contributed by atoms with Gasteiger partial charge in [-0.25, -0.2) is 0 Å². The monoisotopic (exact) mass is 393 g/mol. The first-order chi connectivity index (χ1) is 14.0. The largest absolute Gasteiger partial charge is 0.363 e. The third-order valence-electron chi connectivity index (χ3n) is 5.05. The van der Waals surface area contributed by atoms with Crippen molar-refractivity contribution < 1.29 is 9.72 Å². The van der Waals surface area contributed by atoms with Crippen molar-refractivity contribution in [2.24, 2.45) is 0 Å². The molecule has 2 aromatic rings. The zero-order chi connectivity index (χ0) is 20.8. The number of hydrogen-bond acceptors (Lipinski definition) is 6. The van der Waals surface area contributed by atoms with Gasteiger partial charge in [0.05, 0.1) is 23.1 Å². The van der Waals surface area contributed by atoms with E-state index in [4.69, 9.17) is 5.26 Å². The first-order valence-corrected chi connectivity index (χ1v) is 9.55. The lowest BCUT2D eigenvalue weighted by atomic mass is 10.1. The predicted molar refractivity (Wildman–Crippen MR) is 111 cm³/mol. The SMILES string of the molecule is CCc1ccccc1NC(=O)CN1CCN(c2cc(C#N)ccc2[N+](=O)[O-])CC1. The number of nitrogens with one attached hydrogen (secondary N) is 1. The van der Waals surface area contributed by atoms with Gasteiger partial charge in [-0.15, -0.1) is 0 Å². The minimum Gasteiger partial charge on any atom is -0.363 e. The van der Waals surface area contributed by atoms with Gasteiger partial charge in [0, 0.05) is 37.9 Å². The molecule has 0 spiro atoms. The zero-order valence-corrected chi connectivity index (χ0v) is 16.3. The van der Waals surface area contributed by atoms with E-state index in [1.807, 2.05) is 47.1 Å². The van der Waals surface area contributed by atoms with Crippen molar-refractivity contribution >= 4 is 23.0 Å². The first kappa shape index (κ1) is 20.3. The molecule has 1 heterocycles. The number of nitro groups is 1. The molecular weight excluding hydrogens is 370 g/mol. The lowest BCUT2D eigenvalue weighted by Gasteiger charge is -2.35. The van der Waals surface area contributed by atoms with Crippen molar-refractivity contribution in [1.29, 1.82) is 5.26 Å². The summed E-state index contributed by atoms with van der Waals surface area (Å²) >= 11 is 0. The molecular formula is C21H23N5O3. The fourth-order valence-corrected chi connectivity index (χ4v) is 3.49. The number of nitriles is 1. The van der Waals surface area contributed by atoms with Gasteiger partial charge in [0.25, 0.3) is 5.69 Å². The van der Waals surface area contributed by atoms with E-state index in [-0.39, 0.29) is 18.1 Å². The lowest BCUT2D eigenvalue weighted by molar-refractivity contribution is -0.384. The summed E-state index contributed by atoms with van der Waals surface area (Å²) in [6.07, 6.45) is 0.843. The number of nitro benzene ring substituents is 1. The Balaban J connectivity index is 1.60. The Morgan fingerprint density at radius 3 is 2.59 bits per heavy atom. The molecule has 1 saturated heterocycles. The number of rotatable bonds is 6. The van der Waals surface area contributed by atoms with E-state index in [0.717, 1.165) is 17.7 Å². The lowest BCUT2D eigenvalue weighted by Crippen LogP contribution is -2.48. The van der Waals surface area contributed by atoms with Gasteiger partial charge in [-0.3, -0.25) is 19.8 Å². The Kier molecular flexibility index (Phi) is 6.42. The van der Waals surface area contributed by atoms with Crippen LogP contribution in [0.4, 0.5) is 17.1 Å². The van der Waals surface area contributed by atoms with E-state index in [0.29, 0.717) is 37.4 Å². The van der Waals surface area contributed by atoms with Crippen LogP contribution in [0.15, 0.2) is 42.5 Å². The highest BCUT2D eigenvalue weighted by Gasteiger charge is 2.25. The standard InChI is InChI=1S/C21H23N5O3/c1-2-17-5-3-4-6-18(17)23-21(27)15-24-9-11-25(12-10-24)20-13-16(14-22)7-8-19(20)26(28)29/h3-8,13H,2,9-12,15H2,1H3,(H,23,27). The molecule has 1 aliphatic heterocycles. The molecule has 0 radical (unpaired) electrons. The molecule has 29 heavy (non-hydrogen) atoms. The number of anilines is 2. The highest BCUT2D eigenvalue weighted by Crippen LogP contribution is 2.30. The van der Waals surface area contributed by atoms with Gasteiger partial charge in [-0.2, -0.15) is 5.26 Å². The highest BCUT2D eigenvalue weighted by atomic mass is 16.6. The van der Waals surface area contributed by atoms with Crippen LogP contribution >= 0.6 is 0 Å². The number of para-hydroxylation sites is 1. The smallest absolute Gasteiger partial charge is 0.292 e. The molecule has 0 atom stereocenters. The van der Waals surface area contributed by atoms with Crippen LogP contribution in [0.25, 0.3) is 0 Å². The van der Waals surface area contributed by atoms with E-state index in [1.165, 1.54) is 12.1 Å². The molecule has 1 amide bonds. The van der Waals surface area contributed by atoms with Crippen molar-refractivity contribution in [2.45, 2.75) is 13.3 Å². The van der Waals surface area contributed by atoms with Crippen LogP contribution in [0, 0.1) is 21.4 Å². The normalized spacial score (nSPS) is 14.3. The van der Waals surface area contributed by atoms with Crippen LogP contribution < -0.4 is 10.2 Å². The van der Waals surface area contributed by atoms with Crippen molar-refractivity contribution in [2.75, 3.05) is 42.9 Å². The van der Waals surface area contributed by atoms with Crippen molar-refractivity contribution in [3.63, 3.8) is 0 Å². The molecule has 0 aromatic heterocycles. The Bertz CT molecular complexity index is 946. The second-order valence-electron chi connectivity index (χ2n) is 6.89. The Labute approximate surface area is 169 Å². The number of piperazine rings is 1. The maximum absolute atomic E-state index is 12.4. The van der Waals surface area contributed by atoms with Gasteiger partial charge in [-0.1, -0.05) is 25.1 Å². The number of amides is 1. The Hall–Kier alpha value is -3.44. The van der Waals surface area contributed by atoms with Crippen LogP contribution in [-0.2, 0) is 11.2 Å². The minimum absolute atomic E-state index is 0.00799. The number of hydrogen-bond donors (Lipinski definition) is 1. The molecule has 8 heteroatoms. The van der Waals surface area contributed by atoms with Crippen molar-refractivity contribution in [1.82, 2.24) is 4.90 Å². The van der Waals surface area contributed by atoms with Gasteiger partial charge in [0.2, 0.25) is 5.91 Å². The van der Waals surface area contributed by atoms with E-state index in [2.05, 4.69) is 5.32 Å². The summed E-state index contributed by atoms with van der Waals surface area (Å²) < 4.78 is 0. The van der Waals surface area contributed by atoms with Gasteiger partial charge in [0.15, 0.2) is 0 Å². The summed E-state index contributed by atoms with van der Waals surface area (Å²) in [6.45, 7) is 4.63. The van der Waals surface area contributed by atoms with E-state index < -0.39 is 4.92 Å². The van der Waals surface area contributed by atoms with Crippen LogP contribution in [0.3, 0.4) is 0 Å². The molecule has 8 nitrogen and oxygen atoms in total. The molecule has 1 aliphatic rings. The molecule has 0 saturated carbocycles. The molecule has 2 aromatic carbocycles. The van der Waals surface area contributed by atoms with Gasteiger partial charge in [0.1, 0.15) is 5.69 Å². The number of carbonyl (C=O) groups excluding carboxylic acids is 1. The zero-order valence-electron chi connectivity index (χ0n) is 16.3. The number of aryl methyl sites for hydroxylation is 1. The molecule has 0 aliphatic carbocycles. The predicted octanol–water partition coefficient (Wildman–Crippen LogP) is 2.79. The van der Waals surface area contributed by atoms with Crippen LogP contribution in [0.2, 0.25) is 0 Å². The summed E-state index contributed by atoms with van der Waals surface area (Å²) in [5, 5.41) is 23.4. The van der Waals surface area contributed by atoms with Crippen LogP contribution in [0.1, 0.15) is 18.1 Å². The van der Waals surface area contributed by atoms with Gasteiger partial charge < -0.3 is 10.2 Å². The number of benzene rings is 2. The van der Waals surface area contributed by atoms with E-state index >= 15 is 0 Å². The van der Waals surface area contributed by atoms with Crippen molar-refractivity contribution in [3.05, 3.63) is 63.7 Å². The fourth-order valence-electron chi connectivity index (χ4n) is 3.49. The second kappa shape index (κ2) is 9.17. The fraction of sp³-hybridized carbons (Fsp3) is 0.333. The summed E-state index contributed by atoms with van der Waals surface area (Å²) in [6, 6.07) is 14.2. The van der Waals surface area contributed by atoms with Gasteiger partial charge >= 0.3 is 0 Å². The summed E-state index contributed by atoms with van der Waals surface area (Å²) in [5.41, 5.74) is 2.77. The average molecular weight is 393 g/mol. The highest BCUT2D eigenvalue weighted by molar-refractivity contribution is 5.93. The van der Waals surface area contributed by atoms with E-state index in [1.54, 1.807) is 6.07 Å². The average Bonchev–Trinajstić information content (AvgIpc) is 2.74. The van der Waals surface area contributed by atoms with Crippen LogP contribution in [-0.4, -0.2) is 48.5 Å². The second-order valence-corrected chi connectivity index (χ2v) is 6.89. The third kappa shape index (κ3) is 4.89. The maximum atomic E-state index is 12.4. The molecule has 0 bridgehead atoms. The molecule has 1 N–H and O–H groups in total. The molecule has 3 rings (SSSR count). The Morgan fingerprint density at radius 1 is 1.21 bits per heavy atom. The molecule has 150 valence electrons. The quantitative estimate of drug-likeness (QED) is 0.598. The number of nitrogens with zero attached hydrogens (tertiary/aromatic N) is 4. The first-order valence-electron chi connectivity index (χ1n) is 9.55. The van der Waals surface area contributed by atoms with Crippen LogP contribution in [0.5, 0.6) is 0 Å². The number of carbonyl (C=O) groups is 1.